The summed E-state index contributed by atoms with van der Waals surface area (Å²) in [6, 6.07) is 0. The van der Waals surface area contributed by atoms with Crippen LogP contribution in [0.2, 0.25) is 0 Å². The number of aliphatic hydroxyl groups excluding tert-OH is 2. The summed E-state index contributed by atoms with van der Waals surface area (Å²) in [6.45, 7) is 15.6. The summed E-state index contributed by atoms with van der Waals surface area (Å²) >= 11 is 0. The van der Waals surface area contributed by atoms with Crippen molar-refractivity contribution >= 4 is 11.8 Å². The van der Waals surface area contributed by atoms with E-state index in [1.807, 2.05) is 0 Å². The zero-order valence-electron chi connectivity index (χ0n) is 22.9. The van der Waals surface area contributed by atoms with E-state index in [9.17, 15) is 19.8 Å². The fourth-order valence-electron chi connectivity index (χ4n) is 11.7. The minimum Gasteiger partial charge on any atom is -0.458 e. The van der Waals surface area contributed by atoms with Gasteiger partial charge >= 0.3 is 5.97 Å². The van der Waals surface area contributed by atoms with Crippen LogP contribution in [0.4, 0.5) is 0 Å². The number of hydrogen-bond donors (Lipinski definition) is 2. The van der Waals surface area contributed by atoms with Crippen LogP contribution in [0.25, 0.3) is 0 Å². The predicted molar refractivity (Wildman–Crippen MR) is 132 cm³/mol. The number of carbonyl (C=O) groups excluding carboxylic acids is 2. The molecule has 0 unspecified atom stereocenters. The lowest BCUT2D eigenvalue weighted by Crippen LogP contribution is -2.75. The minimum absolute atomic E-state index is 0.0296. The van der Waals surface area contributed by atoms with Gasteiger partial charge in [0.05, 0.1) is 17.6 Å². The Labute approximate surface area is 210 Å². The Morgan fingerprint density at radius 3 is 2.20 bits per heavy atom. The van der Waals surface area contributed by atoms with Gasteiger partial charge in [-0.2, -0.15) is 0 Å². The van der Waals surface area contributed by atoms with Crippen LogP contribution < -0.4 is 0 Å². The van der Waals surface area contributed by atoms with Gasteiger partial charge in [0.1, 0.15) is 11.4 Å². The number of hydrogen-bond acceptors (Lipinski definition) is 5. The smallest absolute Gasteiger partial charge is 0.313 e. The highest BCUT2D eigenvalue weighted by atomic mass is 16.6. The van der Waals surface area contributed by atoms with Gasteiger partial charge in [-0.15, -0.1) is 0 Å². The molecule has 2 N–H and O–H groups in total. The highest BCUT2D eigenvalue weighted by Crippen LogP contribution is 2.80. The Balaban J connectivity index is 1.49. The standard InChI is InChI=1S/C30H46O5/c1-24(2)15-19-29(16-21(24)33)13-12-28(7)27(6)11-8-18-25(3,4)20(32)9-10-26(18,5)22(27)17(31)14-30(19,28)35-23(29)34/h17-19,21-22,31,33H,8-16H2,1-7H3/t17-,18-,19+,21-,22+,26-,27+,28-,29+,30-/m0/s1. The molecule has 0 amide bonds. The van der Waals surface area contributed by atoms with Crippen molar-refractivity contribution in [3.05, 3.63) is 0 Å². The molecule has 5 heteroatoms. The lowest BCUT2D eigenvalue weighted by molar-refractivity contribution is -0.307. The van der Waals surface area contributed by atoms with Gasteiger partial charge in [0.25, 0.3) is 0 Å². The Morgan fingerprint density at radius 1 is 0.829 bits per heavy atom. The summed E-state index contributed by atoms with van der Waals surface area (Å²) in [4.78, 5) is 26.7. The van der Waals surface area contributed by atoms with Gasteiger partial charge in [-0.3, -0.25) is 9.59 Å². The Bertz CT molecular complexity index is 1000. The van der Waals surface area contributed by atoms with Crippen molar-refractivity contribution in [2.24, 2.45) is 50.2 Å². The molecular formula is C30H46O5. The first-order chi connectivity index (χ1) is 16.0. The molecule has 0 radical (unpaired) electrons. The molecule has 5 aliphatic carbocycles. The topological polar surface area (TPSA) is 83.8 Å². The molecule has 0 aromatic carbocycles. The first-order valence-electron chi connectivity index (χ1n) is 14.1. The monoisotopic (exact) mass is 486 g/mol. The second-order valence-corrected chi connectivity index (χ2v) is 15.6. The first-order valence-corrected chi connectivity index (χ1v) is 14.1. The molecule has 10 atom stereocenters. The number of esters is 1. The van der Waals surface area contributed by atoms with Crippen LogP contribution in [0.1, 0.15) is 106 Å². The molecule has 0 aromatic rings. The third-order valence-corrected chi connectivity index (χ3v) is 13.9. The highest BCUT2D eigenvalue weighted by molar-refractivity contribution is 5.85. The summed E-state index contributed by atoms with van der Waals surface area (Å²) in [7, 11) is 0. The molecule has 1 aliphatic heterocycles. The predicted octanol–water partition coefficient (Wildman–Crippen LogP) is 5.06. The van der Waals surface area contributed by atoms with Crippen molar-refractivity contribution in [2.75, 3.05) is 0 Å². The fraction of sp³-hybridized carbons (Fsp3) is 0.933. The summed E-state index contributed by atoms with van der Waals surface area (Å²) < 4.78 is 6.61. The maximum atomic E-state index is 13.7. The molecule has 6 fully saturated rings. The molecule has 2 bridgehead atoms. The van der Waals surface area contributed by atoms with Crippen molar-refractivity contribution in [1.82, 2.24) is 0 Å². The fourth-order valence-corrected chi connectivity index (χ4v) is 11.7. The normalized spacial score (nSPS) is 57.9. The van der Waals surface area contributed by atoms with Crippen LogP contribution in [-0.2, 0) is 14.3 Å². The van der Waals surface area contributed by atoms with Crippen LogP contribution in [0, 0.1) is 50.2 Å². The number of carbonyl (C=O) groups is 2. The van der Waals surface area contributed by atoms with Gasteiger partial charge in [0.15, 0.2) is 0 Å². The van der Waals surface area contributed by atoms with Crippen molar-refractivity contribution in [3.63, 3.8) is 0 Å². The first kappa shape index (κ1) is 24.4. The summed E-state index contributed by atoms with van der Waals surface area (Å²) in [5.41, 5.74) is -2.51. The number of Topliss-reactive ketones (excluding diaryl/α,β-unsaturated/α-hetero) is 1. The maximum Gasteiger partial charge on any atom is 0.313 e. The summed E-state index contributed by atoms with van der Waals surface area (Å²) in [6.07, 6.45) is 5.67. The zero-order chi connectivity index (χ0) is 25.6. The van der Waals surface area contributed by atoms with Crippen LogP contribution >= 0.6 is 0 Å². The second kappa shape index (κ2) is 6.54. The molecular weight excluding hydrogens is 440 g/mol. The van der Waals surface area contributed by atoms with E-state index in [1.54, 1.807) is 0 Å². The Kier molecular flexibility index (Phi) is 4.56. The molecule has 196 valence electrons. The third-order valence-electron chi connectivity index (χ3n) is 13.9. The van der Waals surface area contributed by atoms with Gasteiger partial charge in [-0.25, -0.2) is 0 Å². The van der Waals surface area contributed by atoms with Crippen LogP contribution in [0.5, 0.6) is 0 Å². The second-order valence-electron chi connectivity index (χ2n) is 15.6. The third kappa shape index (κ3) is 2.45. The van der Waals surface area contributed by atoms with E-state index in [4.69, 9.17) is 4.74 Å². The SMILES string of the molecule is CC1(C)C[C@@H]2[C@@]3(CC[C@]4(C)[C@@]2(C[C@H](O)[C@@H]2[C@@]5(C)CCC(=O)C(C)(C)[C@@H]5CC[C@]24C)OC3=O)C[C@@H]1O. The lowest BCUT2D eigenvalue weighted by atomic mass is 9.30. The molecule has 5 nitrogen and oxygen atoms in total. The van der Waals surface area contributed by atoms with E-state index < -0.39 is 23.2 Å². The van der Waals surface area contributed by atoms with Crippen molar-refractivity contribution < 1.29 is 24.5 Å². The van der Waals surface area contributed by atoms with Gasteiger partial charge < -0.3 is 14.9 Å². The molecule has 0 aromatic heterocycles. The quantitative estimate of drug-likeness (QED) is 0.468. The molecule has 1 saturated heterocycles. The number of fused-ring (bicyclic) bond motifs is 4. The summed E-state index contributed by atoms with van der Waals surface area (Å²) in [5, 5.41) is 23.1. The van der Waals surface area contributed by atoms with E-state index in [1.165, 1.54) is 0 Å². The summed E-state index contributed by atoms with van der Waals surface area (Å²) in [5.74, 6) is 0.609. The molecule has 5 saturated carbocycles. The van der Waals surface area contributed by atoms with E-state index in [0.717, 1.165) is 38.5 Å². The van der Waals surface area contributed by atoms with Crippen molar-refractivity contribution in [1.29, 1.82) is 0 Å². The average molecular weight is 487 g/mol. The van der Waals surface area contributed by atoms with Gasteiger partial charge in [0, 0.05) is 29.6 Å². The maximum absolute atomic E-state index is 13.7. The van der Waals surface area contributed by atoms with Crippen molar-refractivity contribution in [3.8, 4) is 0 Å². The molecule has 1 heterocycles. The Morgan fingerprint density at radius 2 is 1.51 bits per heavy atom. The molecule has 6 aliphatic rings. The largest absolute Gasteiger partial charge is 0.458 e. The van der Waals surface area contributed by atoms with E-state index in [0.29, 0.717) is 25.0 Å². The molecule has 6 rings (SSSR count). The number of rotatable bonds is 0. The Hall–Kier alpha value is -0.940. The minimum atomic E-state index is -0.687. The highest BCUT2D eigenvalue weighted by Gasteiger charge is 2.82. The zero-order valence-corrected chi connectivity index (χ0v) is 22.9. The van der Waals surface area contributed by atoms with Gasteiger partial charge in [-0.05, 0) is 73.0 Å². The number of aliphatic hydroxyl groups is 2. The lowest BCUT2D eigenvalue weighted by Gasteiger charge is -2.74. The molecule has 1 spiro atoms. The van der Waals surface area contributed by atoms with Crippen LogP contribution in [0.15, 0.2) is 0 Å². The average Bonchev–Trinajstić information content (AvgIpc) is 2.90. The van der Waals surface area contributed by atoms with Gasteiger partial charge in [-0.1, -0.05) is 48.5 Å². The van der Waals surface area contributed by atoms with Crippen LogP contribution in [0.3, 0.4) is 0 Å². The van der Waals surface area contributed by atoms with Crippen molar-refractivity contribution in [2.45, 2.75) is 124 Å². The number of ether oxygens (including phenoxy) is 1. The molecule has 35 heavy (non-hydrogen) atoms. The van der Waals surface area contributed by atoms with E-state index in [2.05, 4.69) is 48.5 Å². The van der Waals surface area contributed by atoms with Crippen LogP contribution in [-0.4, -0.2) is 39.8 Å². The van der Waals surface area contributed by atoms with Gasteiger partial charge in [0.2, 0.25) is 0 Å². The van der Waals surface area contributed by atoms with E-state index >= 15 is 0 Å². The van der Waals surface area contributed by atoms with E-state index in [-0.39, 0.29) is 50.8 Å². The number of ketones is 1.